The van der Waals surface area contributed by atoms with Crippen molar-refractivity contribution in [3.63, 3.8) is 0 Å². The van der Waals surface area contributed by atoms with Gasteiger partial charge < -0.3 is 9.97 Å². The molecule has 0 unspecified atom stereocenters. The molecule has 5 aromatic carbocycles. The van der Waals surface area contributed by atoms with Crippen molar-refractivity contribution in [1.82, 2.24) is 19.9 Å². The van der Waals surface area contributed by atoms with Crippen LogP contribution in [0.4, 0.5) is 0 Å². The van der Waals surface area contributed by atoms with Crippen molar-refractivity contribution in [3.05, 3.63) is 181 Å². The third-order valence-corrected chi connectivity index (χ3v) is 9.30. The molecule has 0 saturated heterocycles. The summed E-state index contributed by atoms with van der Waals surface area (Å²) in [6, 6.07) is 50.4. The van der Waals surface area contributed by atoms with Crippen LogP contribution in [-0.2, 0) is 25.5 Å². The summed E-state index contributed by atoms with van der Waals surface area (Å²) in [4.78, 5) is 18.1. The van der Waals surface area contributed by atoms with Gasteiger partial charge in [0, 0.05) is 44.1 Å². The Morgan fingerprint density at radius 1 is 0.547 bits per heavy atom. The van der Waals surface area contributed by atoms with E-state index in [1.54, 1.807) is 6.33 Å². The molecule has 0 bridgehead atoms. The van der Waals surface area contributed by atoms with Crippen molar-refractivity contribution in [2.75, 3.05) is 0 Å². The van der Waals surface area contributed by atoms with Gasteiger partial charge in [0.15, 0.2) is 0 Å². The van der Waals surface area contributed by atoms with Gasteiger partial charge in [0.2, 0.25) is 0 Å². The number of rotatable bonds is 5. The molecular weight excluding hydrogens is 825 g/mol. The molecule has 0 aliphatic heterocycles. The van der Waals surface area contributed by atoms with Crippen molar-refractivity contribution in [2.24, 2.45) is 0 Å². The molecule has 53 heavy (non-hydrogen) atoms. The van der Waals surface area contributed by atoms with Gasteiger partial charge in [0.25, 0.3) is 0 Å². The van der Waals surface area contributed by atoms with Gasteiger partial charge in [-0.1, -0.05) is 105 Å². The molecule has 3 heterocycles. The molecule has 0 spiro atoms. The Kier molecular flexibility index (Phi) is 11.5. The maximum Gasteiger partial charge on any atom is 0.116 e. The van der Waals surface area contributed by atoms with Crippen molar-refractivity contribution in [3.8, 4) is 55.9 Å². The summed E-state index contributed by atoms with van der Waals surface area (Å²) in [5.74, 6) is 0. The zero-order chi connectivity index (χ0) is 36.1. The number of pyridine rings is 2. The molecule has 263 valence electrons. The fraction of sp³-hybridized carbons (Fsp3) is 0.125. The Labute approximate surface area is 326 Å². The predicted octanol–water partition coefficient (Wildman–Crippen LogP) is 12.0. The summed E-state index contributed by atoms with van der Waals surface area (Å²) in [7, 11) is 0. The number of benzene rings is 5. The molecule has 8 aromatic rings. The van der Waals surface area contributed by atoms with Crippen molar-refractivity contribution >= 4 is 10.9 Å². The molecule has 0 saturated carbocycles. The van der Waals surface area contributed by atoms with Gasteiger partial charge in [-0.2, -0.15) is 0 Å². The van der Waals surface area contributed by atoms with Crippen LogP contribution >= 0.6 is 0 Å². The fourth-order valence-corrected chi connectivity index (χ4v) is 6.46. The Hall–Kier alpha value is -5.61. The number of hydrogen-bond donors (Lipinski definition) is 0. The first-order valence-electron chi connectivity index (χ1n) is 17.5. The van der Waals surface area contributed by atoms with E-state index >= 15 is 0 Å². The zero-order valence-electron chi connectivity index (χ0n) is 30.6. The number of fused-ring (bicyclic) bond motifs is 1. The normalized spacial score (nSPS) is 11.0. The van der Waals surface area contributed by atoms with Crippen LogP contribution in [-0.4, -0.2) is 19.9 Å². The standard InChI is InChI=1S/C36H30N3.C12H10N.Ir/c1-24-29(25-10-6-5-7-11-25)14-9-15-30(24)32-17-16-31(35-33(32)22-37-23-39-35)26-12-8-13-27(20-26)34-21-28(18-19-38-34)36(2,3)4;1-10-7-8-13-12(9-10)11-5-3-2-4-6-11;/h5-12,14-23H,1-4H3;2-5,7-9H,1H3;/q2*-1;. The van der Waals surface area contributed by atoms with E-state index in [9.17, 15) is 0 Å². The third kappa shape index (κ3) is 8.39. The van der Waals surface area contributed by atoms with Gasteiger partial charge in [0.1, 0.15) is 6.33 Å². The quantitative estimate of drug-likeness (QED) is 0.162. The van der Waals surface area contributed by atoms with Crippen LogP contribution in [0.15, 0.2) is 152 Å². The second kappa shape index (κ2) is 16.4. The van der Waals surface area contributed by atoms with E-state index in [1.807, 2.05) is 55.0 Å². The maximum absolute atomic E-state index is 4.77. The maximum atomic E-state index is 4.77. The van der Waals surface area contributed by atoms with Gasteiger partial charge in [-0.25, -0.2) is 9.97 Å². The van der Waals surface area contributed by atoms with E-state index in [4.69, 9.17) is 4.98 Å². The summed E-state index contributed by atoms with van der Waals surface area (Å²) in [6.45, 7) is 10.9. The fourth-order valence-electron chi connectivity index (χ4n) is 6.46. The summed E-state index contributed by atoms with van der Waals surface area (Å²) in [5.41, 5.74) is 15.5. The SMILES string of the molecule is Cc1c(-c2ccccc2)cccc1-c1ccc(-c2cc[c-]c(-c3cc(C(C)(C)C)ccn3)c2)c2ncncc12.Cc1ccnc(-c2[c-]cccc2)c1.[Ir]. The van der Waals surface area contributed by atoms with Crippen molar-refractivity contribution in [1.29, 1.82) is 0 Å². The van der Waals surface area contributed by atoms with E-state index in [0.717, 1.165) is 50.1 Å². The summed E-state index contributed by atoms with van der Waals surface area (Å²) < 4.78 is 0. The molecule has 3 aromatic heterocycles. The van der Waals surface area contributed by atoms with Crippen molar-refractivity contribution < 1.29 is 20.1 Å². The Balaban J connectivity index is 0.000000289. The van der Waals surface area contributed by atoms with Gasteiger partial charge in [-0.05, 0) is 81.7 Å². The summed E-state index contributed by atoms with van der Waals surface area (Å²) in [5, 5.41) is 1.03. The molecule has 0 aliphatic carbocycles. The molecule has 1 radical (unpaired) electrons. The second-order valence-corrected chi connectivity index (χ2v) is 14.0. The molecule has 0 N–H and O–H groups in total. The monoisotopic (exact) mass is 865 g/mol. The largest absolute Gasteiger partial charge is 0.305 e. The van der Waals surface area contributed by atoms with Gasteiger partial charge in [-0.3, -0.25) is 0 Å². The summed E-state index contributed by atoms with van der Waals surface area (Å²) in [6.07, 6.45) is 7.28. The van der Waals surface area contributed by atoms with Crippen LogP contribution < -0.4 is 0 Å². The van der Waals surface area contributed by atoms with Gasteiger partial charge in [-0.15, -0.1) is 65.7 Å². The summed E-state index contributed by atoms with van der Waals surface area (Å²) >= 11 is 0. The van der Waals surface area contributed by atoms with Crippen molar-refractivity contribution in [2.45, 2.75) is 40.0 Å². The number of aromatic nitrogens is 4. The molecule has 5 heteroatoms. The topological polar surface area (TPSA) is 51.6 Å². The molecular formula is C48H40IrN4-2. The second-order valence-electron chi connectivity index (χ2n) is 14.0. The van der Waals surface area contributed by atoms with Crippen LogP contribution in [0.2, 0.25) is 0 Å². The van der Waals surface area contributed by atoms with Crippen LogP contribution in [0.1, 0.15) is 37.5 Å². The first-order chi connectivity index (χ1) is 25.3. The third-order valence-electron chi connectivity index (χ3n) is 9.30. The smallest absolute Gasteiger partial charge is 0.116 e. The van der Waals surface area contributed by atoms with Crippen LogP contribution in [0.3, 0.4) is 0 Å². The van der Waals surface area contributed by atoms with Gasteiger partial charge >= 0.3 is 0 Å². The predicted molar refractivity (Wildman–Crippen MR) is 215 cm³/mol. The molecule has 4 nitrogen and oxygen atoms in total. The van der Waals surface area contributed by atoms with E-state index in [0.29, 0.717) is 0 Å². The molecule has 0 aliphatic rings. The molecule has 0 fully saturated rings. The van der Waals surface area contributed by atoms with Crippen LogP contribution in [0.25, 0.3) is 66.8 Å². The minimum Gasteiger partial charge on any atom is -0.305 e. The van der Waals surface area contributed by atoms with E-state index in [2.05, 4.69) is 153 Å². The minimum absolute atomic E-state index is 0. The first kappa shape index (κ1) is 37.2. The zero-order valence-corrected chi connectivity index (χ0v) is 33.0. The first-order valence-corrected chi connectivity index (χ1v) is 17.5. The minimum atomic E-state index is 0. The Morgan fingerprint density at radius 2 is 1.26 bits per heavy atom. The Morgan fingerprint density at radius 3 is 2.02 bits per heavy atom. The van der Waals surface area contributed by atoms with E-state index < -0.39 is 0 Å². The number of nitrogens with zero attached hydrogens (tertiary/aromatic N) is 4. The number of hydrogen-bond acceptors (Lipinski definition) is 4. The average molecular weight is 865 g/mol. The molecule has 8 rings (SSSR count). The van der Waals surface area contributed by atoms with E-state index in [-0.39, 0.29) is 25.5 Å². The van der Waals surface area contributed by atoms with Gasteiger partial charge in [0.05, 0.1) is 5.52 Å². The molecule has 0 amide bonds. The van der Waals surface area contributed by atoms with Crippen LogP contribution in [0.5, 0.6) is 0 Å². The van der Waals surface area contributed by atoms with Crippen LogP contribution in [0, 0.1) is 26.0 Å². The van der Waals surface area contributed by atoms with E-state index in [1.165, 1.54) is 33.4 Å². The molecule has 0 atom stereocenters. The Bertz CT molecular complexity index is 2470. The number of aryl methyl sites for hydroxylation is 1. The average Bonchev–Trinajstić information content (AvgIpc) is 3.18.